The molecule has 0 atom stereocenters. The molecule has 0 radical (unpaired) electrons. The van der Waals surface area contributed by atoms with Crippen LogP contribution in [0.4, 0.5) is 4.39 Å². The number of carbonyl (C=O) groups is 1. The maximum absolute atomic E-state index is 13.4. The molecule has 6 nitrogen and oxygen atoms in total. The number of benzene rings is 2. The molecule has 2 N–H and O–H groups in total. The summed E-state index contributed by atoms with van der Waals surface area (Å²) in [6.45, 7) is 1.53. The molecule has 0 spiro atoms. The predicted molar refractivity (Wildman–Crippen MR) is 100 cm³/mol. The van der Waals surface area contributed by atoms with Gasteiger partial charge in [-0.3, -0.25) is 4.79 Å². The van der Waals surface area contributed by atoms with Gasteiger partial charge in [0.25, 0.3) is 5.91 Å². The van der Waals surface area contributed by atoms with Gasteiger partial charge in [-0.2, -0.15) is 0 Å². The van der Waals surface area contributed by atoms with Crippen molar-refractivity contribution in [3.05, 3.63) is 59.1 Å². The largest absolute Gasteiger partial charge is 0.488 e. The van der Waals surface area contributed by atoms with Gasteiger partial charge in [-0.05, 0) is 49.6 Å². The molecule has 1 heterocycles. The molecule has 1 aliphatic carbocycles. The van der Waals surface area contributed by atoms with Gasteiger partial charge in [0.1, 0.15) is 34.4 Å². The molecule has 0 unspecified atom stereocenters. The molecule has 8 heteroatoms. The van der Waals surface area contributed by atoms with Gasteiger partial charge in [0.05, 0.1) is 16.2 Å². The van der Waals surface area contributed by atoms with Crippen LogP contribution in [0.2, 0.25) is 0 Å². The zero-order valence-electron chi connectivity index (χ0n) is 15.1. The third-order valence-electron chi connectivity index (χ3n) is 4.73. The summed E-state index contributed by atoms with van der Waals surface area (Å²) < 4.78 is 51.0. The molecule has 1 aromatic heterocycles. The second-order valence-electron chi connectivity index (χ2n) is 6.83. The Morgan fingerprint density at radius 1 is 1.29 bits per heavy atom. The minimum Gasteiger partial charge on any atom is -0.488 e. The number of carbonyl (C=O) groups excluding carboxylic acids is 1. The van der Waals surface area contributed by atoms with Gasteiger partial charge in [-0.1, -0.05) is 12.1 Å². The van der Waals surface area contributed by atoms with Crippen LogP contribution in [0.1, 0.15) is 34.5 Å². The Labute approximate surface area is 161 Å². The Kier molecular flexibility index (Phi) is 4.38. The van der Waals surface area contributed by atoms with E-state index >= 15 is 0 Å². The van der Waals surface area contributed by atoms with Crippen LogP contribution >= 0.6 is 0 Å². The maximum atomic E-state index is 13.4. The minimum atomic E-state index is -3.75. The zero-order chi connectivity index (χ0) is 20.1. The maximum Gasteiger partial charge on any atom is 0.252 e. The second-order valence-corrected chi connectivity index (χ2v) is 8.99. The van der Waals surface area contributed by atoms with Crippen LogP contribution in [0.5, 0.6) is 5.75 Å². The average Bonchev–Trinajstić information content (AvgIpc) is 3.42. The first-order valence-corrected chi connectivity index (χ1v) is 10.3. The van der Waals surface area contributed by atoms with E-state index in [2.05, 4.69) is 0 Å². The van der Waals surface area contributed by atoms with Crippen molar-refractivity contribution in [1.82, 2.24) is 0 Å². The molecule has 28 heavy (non-hydrogen) atoms. The van der Waals surface area contributed by atoms with Crippen LogP contribution in [-0.4, -0.2) is 19.6 Å². The highest BCUT2D eigenvalue weighted by Crippen LogP contribution is 2.43. The van der Waals surface area contributed by atoms with Gasteiger partial charge in [0.2, 0.25) is 0 Å². The van der Waals surface area contributed by atoms with Crippen LogP contribution in [0.15, 0.2) is 45.7 Å². The van der Waals surface area contributed by atoms with Crippen LogP contribution in [0.25, 0.3) is 11.0 Å². The van der Waals surface area contributed by atoms with E-state index in [0.29, 0.717) is 18.4 Å². The Morgan fingerprint density at radius 2 is 2.04 bits per heavy atom. The number of rotatable bonds is 6. The van der Waals surface area contributed by atoms with E-state index in [-0.39, 0.29) is 39.5 Å². The van der Waals surface area contributed by atoms with Crippen molar-refractivity contribution < 1.29 is 26.8 Å². The Hall–Kier alpha value is -2.87. The monoisotopic (exact) mass is 403 g/mol. The van der Waals surface area contributed by atoms with Gasteiger partial charge in [0.15, 0.2) is 9.84 Å². The molecule has 3 aromatic rings. The van der Waals surface area contributed by atoms with Crippen molar-refractivity contribution in [2.45, 2.75) is 36.5 Å². The number of fused-ring (bicyclic) bond motifs is 1. The summed E-state index contributed by atoms with van der Waals surface area (Å²) in [6, 6.07) is 8.87. The van der Waals surface area contributed by atoms with E-state index in [1.54, 1.807) is 25.1 Å². The minimum absolute atomic E-state index is 0.0286. The van der Waals surface area contributed by atoms with Crippen LogP contribution in [0, 0.1) is 12.7 Å². The number of ether oxygens (including phenoxy) is 1. The van der Waals surface area contributed by atoms with Gasteiger partial charge < -0.3 is 14.9 Å². The number of amides is 1. The standard InChI is InChI=1S/C20H18FNO5S/c1-11-17(20(22)23)18-15(27-11)7-8-16(19(18)28(24,25)14-5-6-14)26-10-12-3-2-4-13(21)9-12/h2-4,7-9,14H,5-6,10H2,1H3,(H2,22,23). The van der Waals surface area contributed by atoms with Crippen molar-refractivity contribution in [3.63, 3.8) is 0 Å². The van der Waals surface area contributed by atoms with E-state index in [4.69, 9.17) is 14.9 Å². The summed E-state index contributed by atoms with van der Waals surface area (Å²) >= 11 is 0. The van der Waals surface area contributed by atoms with Crippen molar-refractivity contribution in [3.8, 4) is 5.75 Å². The average molecular weight is 403 g/mol. The fraction of sp³-hybridized carbons (Fsp3) is 0.250. The Bertz CT molecular complexity index is 1190. The molecule has 1 aliphatic rings. The molecule has 0 saturated heterocycles. The number of furan rings is 1. The highest BCUT2D eigenvalue weighted by atomic mass is 32.2. The number of sulfone groups is 1. The number of hydrogen-bond donors (Lipinski definition) is 1. The topological polar surface area (TPSA) is 99.6 Å². The van der Waals surface area contributed by atoms with Crippen molar-refractivity contribution in [1.29, 1.82) is 0 Å². The fourth-order valence-corrected chi connectivity index (χ4v) is 5.27. The zero-order valence-corrected chi connectivity index (χ0v) is 15.9. The molecule has 1 saturated carbocycles. The highest BCUT2D eigenvalue weighted by molar-refractivity contribution is 7.92. The SMILES string of the molecule is Cc1oc2ccc(OCc3cccc(F)c3)c(S(=O)(=O)C3CC3)c2c1C(N)=O. The fourth-order valence-electron chi connectivity index (χ4n) is 3.28. The molecule has 2 aromatic carbocycles. The van der Waals surface area contributed by atoms with Crippen molar-refractivity contribution in [2.75, 3.05) is 0 Å². The Morgan fingerprint density at radius 3 is 2.68 bits per heavy atom. The first kappa shape index (κ1) is 18.5. The summed E-state index contributed by atoms with van der Waals surface area (Å²) in [5, 5.41) is -0.376. The molecule has 146 valence electrons. The van der Waals surface area contributed by atoms with Crippen LogP contribution < -0.4 is 10.5 Å². The predicted octanol–water partition coefficient (Wildman–Crippen LogP) is 3.49. The van der Waals surface area contributed by atoms with Gasteiger partial charge >= 0.3 is 0 Å². The molecule has 0 bridgehead atoms. The molecular weight excluding hydrogens is 385 g/mol. The lowest BCUT2D eigenvalue weighted by Gasteiger charge is -2.13. The molecule has 1 amide bonds. The molecule has 4 rings (SSSR count). The molecule has 1 fully saturated rings. The smallest absolute Gasteiger partial charge is 0.252 e. The normalized spacial score (nSPS) is 14.4. The van der Waals surface area contributed by atoms with E-state index < -0.39 is 26.8 Å². The number of hydrogen-bond acceptors (Lipinski definition) is 5. The summed E-state index contributed by atoms with van der Waals surface area (Å²) in [5.41, 5.74) is 6.32. The lowest BCUT2D eigenvalue weighted by Crippen LogP contribution is -2.15. The van der Waals surface area contributed by atoms with Crippen molar-refractivity contribution >= 4 is 26.7 Å². The third kappa shape index (κ3) is 3.13. The summed E-state index contributed by atoms with van der Waals surface area (Å²) in [7, 11) is -3.75. The summed E-state index contributed by atoms with van der Waals surface area (Å²) in [4.78, 5) is 11.9. The summed E-state index contributed by atoms with van der Waals surface area (Å²) in [5.74, 6) is -0.849. The highest BCUT2D eigenvalue weighted by Gasteiger charge is 2.41. The second kappa shape index (κ2) is 6.63. The van der Waals surface area contributed by atoms with E-state index in [1.165, 1.54) is 18.2 Å². The number of nitrogens with two attached hydrogens (primary N) is 1. The van der Waals surface area contributed by atoms with E-state index in [0.717, 1.165) is 0 Å². The van der Waals surface area contributed by atoms with Crippen LogP contribution in [0.3, 0.4) is 0 Å². The molecule has 0 aliphatic heterocycles. The summed E-state index contributed by atoms with van der Waals surface area (Å²) in [6.07, 6.45) is 1.09. The lowest BCUT2D eigenvalue weighted by atomic mass is 10.1. The number of primary amides is 1. The lowest BCUT2D eigenvalue weighted by molar-refractivity contribution is 0.1000. The quantitative estimate of drug-likeness (QED) is 0.679. The first-order valence-electron chi connectivity index (χ1n) is 8.76. The van der Waals surface area contributed by atoms with Gasteiger partial charge in [-0.25, -0.2) is 12.8 Å². The number of aryl methyl sites for hydroxylation is 1. The van der Waals surface area contributed by atoms with Crippen LogP contribution in [-0.2, 0) is 16.4 Å². The van der Waals surface area contributed by atoms with E-state index in [1.807, 2.05) is 0 Å². The van der Waals surface area contributed by atoms with E-state index in [9.17, 15) is 17.6 Å². The third-order valence-corrected chi connectivity index (χ3v) is 7.05. The Balaban J connectivity index is 1.88. The van der Waals surface area contributed by atoms with Gasteiger partial charge in [-0.15, -0.1) is 0 Å². The number of halogens is 1. The first-order chi connectivity index (χ1) is 13.3. The molecular formula is C20H18FNO5S. The van der Waals surface area contributed by atoms with Crippen molar-refractivity contribution in [2.24, 2.45) is 5.73 Å². The van der Waals surface area contributed by atoms with Gasteiger partial charge in [0, 0.05) is 0 Å².